The zero-order valence-electron chi connectivity index (χ0n) is 14.1. The summed E-state index contributed by atoms with van der Waals surface area (Å²) in [6.07, 6.45) is 1.87. The van der Waals surface area contributed by atoms with Crippen molar-refractivity contribution in [3.8, 4) is 0 Å². The predicted octanol–water partition coefficient (Wildman–Crippen LogP) is 1.90. The van der Waals surface area contributed by atoms with Crippen molar-refractivity contribution in [2.45, 2.75) is 24.9 Å². The normalized spacial score (nSPS) is 14.8. The molecule has 0 saturated carbocycles. The Morgan fingerprint density at radius 2 is 2.04 bits per heavy atom. The maximum absolute atomic E-state index is 12.3. The number of carbonyl (C=O) groups excluding carboxylic acids is 2. The quantitative estimate of drug-likeness (QED) is 0.775. The van der Waals surface area contributed by atoms with Crippen molar-refractivity contribution in [3.05, 3.63) is 28.2 Å². The number of thiophene rings is 1. The summed E-state index contributed by atoms with van der Waals surface area (Å²) < 4.78 is 0. The van der Waals surface area contributed by atoms with Crippen molar-refractivity contribution >= 4 is 34.9 Å². The van der Waals surface area contributed by atoms with Gasteiger partial charge >= 0.3 is 0 Å². The zero-order chi connectivity index (χ0) is 17.6. The summed E-state index contributed by atoms with van der Waals surface area (Å²) in [5.74, 6) is 1.30. The van der Waals surface area contributed by atoms with Crippen LogP contribution in [0.3, 0.4) is 0 Å². The molecule has 0 radical (unpaired) electrons. The van der Waals surface area contributed by atoms with Gasteiger partial charge in [0.05, 0.1) is 10.6 Å². The van der Waals surface area contributed by atoms with E-state index in [0.717, 1.165) is 23.5 Å². The largest absolute Gasteiger partial charge is 0.338 e. The Balaban J connectivity index is 1.44. The van der Waals surface area contributed by atoms with Gasteiger partial charge < -0.3 is 9.80 Å². The molecular formula is C16H21N5O2S2. The molecule has 7 nitrogen and oxygen atoms in total. The summed E-state index contributed by atoms with van der Waals surface area (Å²) in [6, 6.07) is 3.72. The average Bonchev–Trinajstić information content (AvgIpc) is 3.31. The Kier molecular flexibility index (Phi) is 6.09. The Labute approximate surface area is 154 Å². The van der Waals surface area contributed by atoms with Crippen molar-refractivity contribution in [2.75, 3.05) is 31.9 Å². The van der Waals surface area contributed by atoms with Gasteiger partial charge in [-0.15, -0.1) is 16.4 Å². The van der Waals surface area contributed by atoms with Crippen LogP contribution in [0.15, 0.2) is 22.7 Å². The number of aryl methyl sites for hydroxylation is 1. The highest BCUT2D eigenvalue weighted by Gasteiger charge is 2.25. The molecule has 1 aliphatic rings. The van der Waals surface area contributed by atoms with Gasteiger partial charge in [-0.05, 0) is 17.9 Å². The highest BCUT2D eigenvalue weighted by atomic mass is 32.2. The minimum atomic E-state index is 0.0562. The fraction of sp³-hybridized carbons (Fsp3) is 0.500. The fourth-order valence-electron chi connectivity index (χ4n) is 2.62. The number of hydrogen-bond acceptors (Lipinski definition) is 6. The number of thioether (sulfide) groups is 1. The minimum Gasteiger partial charge on any atom is -0.338 e. The molecule has 0 bridgehead atoms. The first-order valence-corrected chi connectivity index (χ1v) is 10.2. The molecule has 1 fully saturated rings. The van der Waals surface area contributed by atoms with Crippen molar-refractivity contribution < 1.29 is 9.59 Å². The first-order chi connectivity index (χ1) is 12.2. The number of piperazine rings is 1. The lowest BCUT2D eigenvalue weighted by atomic mass is 10.3. The molecular weight excluding hydrogens is 358 g/mol. The summed E-state index contributed by atoms with van der Waals surface area (Å²) in [5.41, 5.74) is 0. The highest BCUT2D eigenvalue weighted by molar-refractivity contribution is 7.99. The Bertz CT molecular complexity index is 708. The number of aromatic amines is 1. The number of rotatable bonds is 6. The summed E-state index contributed by atoms with van der Waals surface area (Å²) in [6.45, 7) is 4.39. The third-order valence-corrected chi connectivity index (χ3v) is 5.66. The molecule has 2 aromatic rings. The molecule has 9 heteroatoms. The van der Waals surface area contributed by atoms with E-state index in [1.807, 2.05) is 27.3 Å². The topological polar surface area (TPSA) is 82.2 Å². The standard InChI is InChI=1S/C16H21N5O2S2/c1-2-4-13-17-16(19-18-13)25-11-14(22)20-6-8-21(9-7-20)15(23)12-5-3-10-24-12/h3,5,10H,2,4,6-9,11H2,1H3,(H,17,18,19). The lowest BCUT2D eigenvalue weighted by Crippen LogP contribution is -2.51. The van der Waals surface area contributed by atoms with E-state index in [9.17, 15) is 9.59 Å². The predicted molar refractivity (Wildman–Crippen MR) is 97.9 cm³/mol. The van der Waals surface area contributed by atoms with Gasteiger partial charge in [-0.3, -0.25) is 14.7 Å². The molecule has 134 valence electrons. The van der Waals surface area contributed by atoms with E-state index in [0.29, 0.717) is 37.1 Å². The number of nitrogens with one attached hydrogen (secondary N) is 1. The first kappa shape index (κ1) is 17.9. The van der Waals surface area contributed by atoms with Crippen LogP contribution < -0.4 is 0 Å². The molecule has 0 aromatic carbocycles. The Morgan fingerprint density at radius 3 is 2.72 bits per heavy atom. The fourth-order valence-corrected chi connectivity index (χ4v) is 4.03. The summed E-state index contributed by atoms with van der Waals surface area (Å²) in [7, 11) is 0. The summed E-state index contributed by atoms with van der Waals surface area (Å²) >= 11 is 2.80. The van der Waals surface area contributed by atoms with Crippen LogP contribution >= 0.6 is 23.1 Å². The van der Waals surface area contributed by atoms with Gasteiger partial charge in [0, 0.05) is 32.6 Å². The van der Waals surface area contributed by atoms with Crippen molar-refractivity contribution in [1.29, 1.82) is 0 Å². The minimum absolute atomic E-state index is 0.0562. The molecule has 3 rings (SSSR count). The van der Waals surface area contributed by atoms with Crippen LogP contribution in [0, 0.1) is 0 Å². The lowest BCUT2D eigenvalue weighted by Gasteiger charge is -2.34. The van der Waals surface area contributed by atoms with Gasteiger partial charge in [0.2, 0.25) is 11.1 Å². The number of hydrogen-bond donors (Lipinski definition) is 1. The third-order valence-electron chi connectivity index (χ3n) is 3.97. The van der Waals surface area contributed by atoms with Crippen LogP contribution in [0.25, 0.3) is 0 Å². The molecule has 1 saturated heterocycles. The number of aromatic nitrogens is 3. The van der Waals surface area contributed by atoms with Crippen molar-refractivity contribution in [1.82, 2.24) is 25.0 Å². The van der Waals surface area contributed by atoms with Gasteiger partial charge in [0.15, 0.2) is 0 Å². The molecule has 0 aliphatic carbocycles. The SMILES string of the molecule is CCCc1nc(SCC(=O)N2CCN(C(=O)c3cccs3)CC2)n[nH]1. The molecule has 0 atom stereocenters. The zero-order valence-corrected chi connectivity index (χ0v) is 15.7. The van der Waals surface area contributed by atoms with Crippen LogP contribution in [-0.4, -0.2) is 68.7 Å². The smallest absolute Gasteiger partial charge is 0.264 e. The molecule has 25 heavy (non-hydrogen) atoms. The number of nitrogens with zero attached hydrogens (tertiary/aromatic N) is 4. The van der Waals surface area contributed by atoms with Gasteiger partial charge in [-0.1, -0.05) is 24.8 Å². The molecule has 3 heterocycles. The van der Waals surface area contributed by atoms with Crippen LogP contribution in [0.4, 0.5) is 0 Å². The molecule has 2 aromatic heterocycles. The molecule has 0 unspecified atom stereocenters. The van der Waals surface area contributed by atoms with Crippen LogP contribution in [0.2, 0.25) is 0 Å². The van der Waals surface area contributed by atoms with Gasteiger partial charge in [0.1, 0.15) is 5.82 Å². The highest BCUT2D eigenvalue weighted by Crippen LogP contribution is 2.16. The van der Waals surface area contributed by atoms with Crippen LogP contribution in [0.1, 0.15) is 28.8 Å². The average molecular weight is 380 g/mol. The van der Waals surface area contributed by atoms with E-state index in [2.05, 4.69) is 22.1 Å². The molecule has 1 aliphatic heterocycles. The molecule has 2 amide bonds. The summed E-state index contributed by atoms with van der Waals surface area (Å²) in [4.78, 5) is 33.4. The van der Waals surface area contributed by atoms with E-state index in [4.69, 9.17) is 0 Å². The number of H-pyrrole nitrogens is 1. The van der Waals surface area contributed by atoms with E-state index in [-0.39, 0.29) is 11.8 Å². The van der Waals surface area contributed by atoms with Gasteiger partial charge in [-0.25, -0.2) is 4.98 Å². The van der Waals surface area contributed by atoms with E-state index in [1.165, 1.54) is 23.1 Å². The van der Waals surface area contributed by atoms with E-state index in [1.54, 1.807) is 0 Å². The Hall–Kier alpha value is -1.87. The number of carbonyl (C=O) groups is 2. The van der Waals surface area contributed by atoms with Gasteiger partial charge in [0.25, 0.3) is 5.91 Å². The monoisotopic (exact) mass is 379 g/mol. The lowest BCUT2D eigenvalue weighted by molar-refractivity contribution is -0.129. The number of amides is 2. The maximum atomic E-state index is 12.3. The second-order valence-electron chi connectivity index (χ2n) is 5.75. The molecule has 0 spiro atoms. The molecule has 1 N–H and O–H groups in total. The van der Waals surface area contributed by atoms with E-state index < -0.39 is 0 Å². The Morgan fingerprint density at radius 1 is 1.28 bits per heavy atom. The van der Waals surface area contributed by atoms with Crippen molar-refractivity contribution in [2.24, 2.45) is 0 Å². The second-order valence-corrected chi connectivity index (χ2v) is 7.64. The van der Waals surface area contributed by atoms with E-state index >= 15 is 0 Å². The third kappa shape index (κ3) is 4.60. The van der Waals surface area contributed by atoms with Crippen LogP contribution in [0.5, 0.6) is 0 Å². The first-order valence-electron chi connectivity index (χ1n) is 8.32. The maximum Gasteiger partial charge on any atom is 0.264 e. The van der Waals surface area contributed by atoms with Crippen LogP contribution in [-0.2, 0) is 11.2 Å². The second kappa shape index (κ2) is 8.48. The van der Waals surface area contributed by atoms with Gasteiger partial charge in [-0.2, -0.15) is 0 Å². The summed E-state index contributed by atoms with van der Waals surface area (Å²) in [5, 5.41) is 9.53. The van der Waals surface area contributed by atoms with Crippen molar-refractivity contribution in [3.63, 3.8) is 0 Å².